The molecule has 3 rings (SSSR count). The summed E-state index contributed by atoms with van der Waals surface area (Å²) < 4.78 is 28.6. The van der Waals surface area contributed by atoms with Crippen LogP contribution >= 0.6 is 34.8 Å². The first-order valence-corrected chi connectivity index (χ1v) is 15.5. The van der Waals surface area contributed by atoms with Crippen molar-refractivity contribution >= 4 is 62.3 Å². The van der Waals surface area contributed by atoms with Crippen LogP contribution in [0.5, 0.6) is 0 Å². The van der Waals surface area contributed by atoms with Crippen molar-refractivity contribution < 1.29 is 18.0 Å². The van der Waals surface area contributed by atoms with Gasteiger partial charge in [-0.25, -0.2) is 8.42 Å². The van der Waals surface area contributed by atoms with E-state index in [-0.39, 0.29) is 33.1 Å². The highest BCUT2D eigenvalue weighted by molar-refractivity contribution is 7.92. The molecule has 7 nitrogen and oxygen atoms in total. The first-order chi connectivity index (χ1) is 19.1. The third-order valence-electron chi connectivity index (χ3n) is 6.23. The van der Waals surface area contributed by atoms with Gasteiger partial charge in [-0.15, -0.1) is 0 Å². The van der Waals surface area contributed by atoms with Gasteiger partial charge in [0, 0.05) is 28.2 Å². The molecule has 0 aromatic heterocycles. The Morgan fingerprint density at radius 3 is 2.08 bits per heavy atom. The van der Waals surface area contributed by atoms with Gasteiger partial charge >= 0.3 is 0 Å². The predicted molar refractivity (Wildman–Crippen MR) is 161 cm³/mol. The van der Waals surface area contributed by atoms with Crippen LogP contribution in [-0.2, 0) is 26.2 Å². The van der Waals surface area contributed by atoms with Crippen molar-refractivity contribution in [2.75, 3.05) is 17.4 Å². The SMILES string of the molecule is CCCCNC(=O)[C@@H](CC)N(Cc1ccc(Cl)cc1)C(=O)CN(c1cc(Cl)cc(Cl)c1)S(=O)(=O)c1ccccc1. The average molecular weight is 625 g/mol. The molecule has 3 aromatic rings. The number of halogens is 3. The standard InChI is InChI=1S/C29H32Cl3N3O4S/c1-3-5-15-33-29(37)27(4-2)34(19-21-11-13-22(30)14-12-21)28(36)20-35(25-17-23(31)16-24(32)18-25)40(38,39)26-9-7-6-8-10-26/h6-14,16-18,27H,3-5,15,19-20H2,1-2H3,(H,33,37)/t27-/m1/s1. The molecule has 214 valence electrons. The summed E-state index contributed by atoms with van der Waals surface area (Å²) in [4.78, 5) is 28.6. The van der Waals surface area contributed by atoms with Gasteiger partial charge in [0.05, 0.1) is 10.6 Å². The number of benzene rings is 3. The van der Waals surface area contributed by atoms with E-state index < -0.39 is 28.5 Å². The molecule has 0 radical (unpaired) electrons. The smallest absolute Gasteiger partial charge is 0.264 e. The maximum absolute atomic E-state index is 14.0. The normalized spacial score (nSPS) is 12.0. The van der Waals surface area contributed by atoms with Gasteiger partial charge in [0.1, 0.15) is 12.6 Å². The maximum Gasteiger partial charge on any atom is 0.264 e. The summed E-state index contributed by atoms with van der Waals surface area (Å²) in [6, 6.07) is 18.2. The molecule has 11 heteroatoms. The molecular formula is C29H32Cl3N3O4S. The molecule has 1 N–H and O–H groups in total. The highest BCUT2D eigenvalue weighted by Gasteiger charge is 2.33. The molecule has 3 aromatic carbocycles. The highest BCUT2D eigenvalue weighted by Crippen LogP contribution is 2.30. The molecule has 40 heavy (non-hydrogen) atoms. The van der Waals surface area contributed by atoms with Crippen LogP contribution in [0.3, 0.4) is 0 Å². The number of sulfonamides is 1. The van der Waals surface area contributed by atoms with E-state index in [1.165, 1.54) is 35.2 Å². The zero-order chi connectivity index (χ0) is 29.3. The van der Waals surface area contributed by atoms with Gasteiger partial charge in [0.2, 0.25) is 11.8 Å². The molecule has 1 atom stereocenters. The van der Waals surface area contributed by atoms with Crippen LogP contribution in [0.15, 0.2) is 77.7 Å². The molecule has 0 bridgehead atoms. The Kier molecular flexibility index (Phi) is 11.7. The first kappa shape index (κ1) is 31.7. The average Bonchev–Trinajstić information content (AvgIpc) is 2.92. The Bertz CT molecular complexity index is 1380. The fourth-order valence-electron chi connectivity index (χ4n) is 4.14. The Morgan fingerprint density at radius 1 is 0.875 bits per heavy atom. The summed E-state index contributed by atoms with van der Waals surface area (Å²) in [5.74, 6) is -0.871. The van der Waals surface area contributed by atoms with Crippen LogP contribution < -0.4 is 9.62 Å². The number of hydrogen-bond donors (Lipinski definition) is 1. The highest BCUT2D eigenvalue weighted by atomic mass is 35.5. The van der Waals surface area contributed by atoms with Crippen molar-refractivity contribution in [2.24, 2.45) is 0 Å². The van der Waals surface area contributed by atoms with Crippen LogP contribution in [0.2, 0.25) is 15.1 Å². The van der Waals surface area contributed by atoms with Gasteiger partial charge in [0.25, 0.3) is 10.0 Å². The third-order valence-corrected chi connectivity index (χ3v) is 8.70. The molecule has 0 fully saturated rings. The Hall–Kier alpha value is -2.78. The molecule has 0 aliphatic carbocycles. The lowest BCUT2D eigenvalue weighted by Crippen LogP contribution is -2.52. The van der Waals surface area contributed by atoms with Crippen LogP contribution in [-0.4, -0.2) is 44.3 Å². The van der Waals surface area contributed by atoms with Gasteiger partial charge in [-0.05, 0) is 60.9 Å². The van der Waals surface area contributed by atoms with Crippen molar-refractivity contribution in [3.63, 3.8) is 0 Å². The first-order valence-electron chi connectivity index (χ1n) is 12.9. The van der Waals surface area contributed by atoms with E-state index in [9.17, 15) is 18.0 Å². The molecule has 0 heterocycles. The number of rotatable bonds is 13. The number of amides is 2. The molecule has 0 aliphatic heterocycles. The van der Waals surface area contributed by atoms with Crippen molar-refractivity contribution in [3.05, 3.63) is 93.4 Å². The van der Waals surface area contributed by atoms with E-state index in [2.05, 4.69) is 5.32 Å². The fraction of sp³-hybridized carbons (Fsp3) is 0.310. The van der Waals surface area contributed by atoms with Gasteiger partial charge in [-0.1, -0.05) is 85.4 Å². The summed E-state index contributed by atoms with van der Waals surface area (Å²) in [6.07, 6.45) is 2.02. The van der Waals surface area contributed by atoms with Crippen LogP contribution in [0, 0.1) is 0 Å². The van der Waals surface area contributed by atoms with E-state index in [4.69, 9.17) is 34.8 Å². The quantitative estimate of drug-likeness (QED) is 0.218. The number of unbranched alkanes of at least 4 members (excludes halogenated alkanes) is 1. The fourth-order valence-corrected chi connectivity index (χ4v) is 6.20. The summed E-state index contributed by atoms with van der Waals surface area (Å²) >= 11 is 18.5. The van der Waals surface area contributed by atoms with Crippen molar-refractivity contribution in [2.45, 2.75) is 50.6 Å². The van der Waals surface area contributed by atoms with E-state index in [0.717, 1.165) is 22.7 Å². The summed E-state index contributed by atoms with van der Waals surface area (Å²) in [5.41, 5.74) is 0.863. The van der Waals surface area contributed by atoms with Crippen molar-refractivity contribution in [3.8, 4) is 0 Å². The lowest BCUT2D eigenvalue weighted by Gasteiger charge is -2.33. The van der Waals surface area contributed by atoms with Crippen LogP contribution in [0.1, 0.15) is 38.7 Å². The summed E-state index contributed by atoms with van der Waals surface area (Å²) in [7, 11) is -4.21. The third kappa shape index (κ3) is 8.36. The minimum absolute atomic E-state index is 0.00694. The number of anilines is 1. The van der Waals surface area contributed by atoms with E-state index >= 15 is 0 Å². The van der Waals surface area contributed by atoms with E-state index in [0.29, 0.717) is 18.0 Å². The van der Waals surface area contributed by atoms with Crippen LogP contribution in [0.4, 0.5) is 5.69 Å². The minimum Gasteiger partial charge on any atom is -0.354 e. The number of nitrogens with zero attached hydrogens (tertiary/aromatic N) is 2. The van der Waals surface area contributed by atoms with Crippen LogP contribution in [0.25, 0.3) is 0 Å². The lowest BCUT2D eigenvalue weighted by molar-refractivity contribution is -0.140. The van der Waals surface area contributed by atoms with Gasteiger partial charge in [-0.3, -0.25) is 13.9 Å². The minimum atomic E-state index is -4.21. The summed E-state index contributed by atoms with van der Waals surface area (Å²) in [6.45, 7) is 3.79. The predicted octanol–water partition coefficient (Wildman–Crippen LogP) is 6.57. The molecule has 2 amide bonds. The maximum atomic E-state index is 14.0. The largest absolute Gasteiger partial charge is 0.354 e. The molecule has 0 spiro atoms. The molecule has 0 unspecified atom stereocenters. The van der Waals surface area contributed by atoms with Gasteiger partial charge in [0.15, 0.2) is 0 Å². The number of carbonyl (C=O) groups is 2. The second-order valence-corrected chi connectivity index (χ2v) is 12.3. The van der Waals surface area contributed by atoms with Gasteiger partial charge in [-0.2, -0.15) is 0 Å². The topological polar surface area (TPSA) is 86.8 Å². The number of hydrogen-bond acceptors (Lipinski definition) is 4. The molecular weight excluding hydrogens is 593 g/mol. The van der Waals surface area contributed by atoms with E-state index in [1.54, 1.807) is 49.4 Å². The Labute approximate surface area is 251 Å². The monoisotopic (exact) mass is 623 g/mol. The molecule has 0 saturated heterocycles. The second-order valence-electron chi connectivity index (χ2n) is 9.17. The number of nitrogens with one attached hydrogen (secondary N) is 1. The summed E-state index contributed by atoms with van der Waals surface area (Å²) in [5, 5.41) is 3.85. The van der Waals surface area contributed by atoms with Crippen molar-refractivity contribution in [1.82, 2.24) is 10.2 Å². The lowest BCUT2D eigenvalue weighted by atomic mass is 10.1. The Balaban J connectivity index is 2.05. The number of carbonyl (C=O) groups excluding carboxylic acids is 2. The van der Waals surface area contributed by atoms with E-state index in [1.807, 2.05) is 6.92 Å². The van der Waals surface area contributed by atoms with Gasteiger partial charge < -0.3 is 10.2 Å². The second kappa shape index (κ2) is 14.7. The molecule has 0 aliphatic rings. The molecule has 0 saturated carbocycles. The zero-order valence-electron chi connectivity index (χ0n) is 22.3. The zero-order valence-corrected chi connectivity index (χ0v) is 25.4. The Morgan fingerprint density at radius 2 is 1.50 bits per heavy atom. The van der Waals surface area contributed by atoms with Crippen molar-refractivity contribution in [1.29, 1.82) is 0 Å².